The van der Waals surface area contributed by atoms with Crippen molar-refractivity contribution < 1.29 is 24.2 Å². The summed E-state index contributed by atoms with van der Waals surface area (Å²) in [5, 5.41) is 11.6. The number of rotatable bonds is 6. The number of hydrogen-bond donors (Lipinski definition) is 2. The molecule has 1 saturated heterocycles. The highest BCUT2D eigenvalue weighted by molar-refractivity contribution is 5.92. The summed E-state index contributed by atoms with van der Waals surface area (Å²) in [7, 11) is 0. The van der Waals surface area contributed by atoms with Gasteiger partial charge >= 0.3 is 5.97 Å². The predicted octanol–water partition coefficient (Wildman–Crippen LogP) is 0.589. The molecular weight excluding hydrogens is 302 g/mol. The molecule has 0 aliphatic carbocycles. The Hall–Kier alpha value is -2.06. The first-order valence-electron chi connectivity index (χ1n) is 7.52. The van der Waals surface area contributed by atoms with Crippen LogP contribution in [0, 0.1) is 0 Å². The Morgan fingerprint density at radius 2 is 2.30 bits per heavy atom. The second-order valence-corrected chi connectivity index (χ2v) is 5.64. The topological polar surface area (TPSA) is 111 Å². The minimum absolute atomic E-state index is 0.123. The molecule has 0 saturated carbocycles. The zero-order valence-corrected chi connectivity index (χ0v) is 13.2. The van der Waals surface area contributed by atoms with Gasteiger partial charge in [0.05, 0.1) is 12.6 Å². The fraction of sp³-hybridized carbons (Fsp3) is 0.600. The zero-order chi connectivity index (χ0) is 16.8. The summed E-state index contributed by atoms with van der Waals surface area (Å²) < 4.78 is 10.6. The third-order valence-corrected chi connectivity index (χ3v) is 3.46. The average molecular weight is 323 g/mol. The Morgan fingerprint density at radius 1 is 1.52 bits per heavy atom. The Balaban J connectivity index is 2.02. The largest absolute Gasteiger partial charge is 0.480 e. The van der Waals surface area contributed by atoms with Crippen LogP contribution in [0.3, 0.4) is 0 Å². The number of carbonyl (C=O) groups is 2. The molecule has 8 heteroatoms. The predicted molar refractivity (Wildman–Crippen MR) is 80.2 cm³/mol. The normalized spacial score (nSPS) is 21.2. The first-order valence-corrected chi connectivity index (χ1v) is 7.52. The van der Waals surface area contributed by atoms with E-state index in [0.29, 0.717) is 18.9 Å². The van der Waals surface area contributed by atoms with Gasteiger partial charge in [-0.2, -0.15) is 0 Å². The minimum Gasteiger partial charge on any atom is -0.480 e. The van der Waals surface area contributed by atoms with Crippen LogP contribution in [0.15, 0.2) is 12.3 Å². The van der Waals surface area contributed by atoms with E-state index < -0.39 is 18.7 Å². The Kier molecular flexibility index (Phi) is 6.00. The highest BCUT2D eigenvalue weighted by atomic mass is 16.5. The second-order valence-electron chi connectivity index (χ2n) is 5.64. The summed E-state index contributed by atoms with van der Waals surface area (Å²) >= 11 is 0. The second kappa shape index (κ2) is 7.98. The third kappa shape index (κ3) is 4.97. The standard InChI is InChI=1S/C15H21N3O5/c1-9(2)14-16-5-3-11(17-14)15(21)18-10-4-6-22-7-12(10)23-8-13(19)20/h3,5,9-10,12H,4,6-8H2,1-2H3,(H,18,21)(H,19,20)/t10-,12-/m1/s1. The number of carbonyl (C=O) groups excluding carboxylic acids is 1. The van der Waals surface area contributed by atoms with E-state index in [4.69, 9.17) is 14.6 Å². The van der Waals surface area contributed by atoms with Crippen LogP contribution in [0.5, 0.6) is 0 Å². The van der Waals surface area contributed by atoms with Crippen LogP contribution in [0.2, 0.25) is 0 Å². The van der Waals surface area contributed by atoms with Crippen molar-refractivity contribution in [3.8, 4) is 0 Å². The van der Waals surface area contributed by atoms with Gasteiger partial charge in [-0.25, -0.2) is 14.8 Å². The number of carboxylic acids is 1. The van der Waals surface area contributed by atoms with Crippen molar-refractivity contribution in [1.29, 1.82) is 0 Å². The van der Waals surface area contributed by atoms with E-state index in [0.717, 1.165) is 0 Å². The van der Waals surface area contributed by atoms with Crippen molar-refractivity contribution in [2.45, 2.75) is 38.3 Å². The lowest BCUT2D eigenvalue weighted by molar-refractivity contribution is -0.148. The monoisotopic (exact) mass is 323 g/mol. The third-order valence-electron chi connectivity index (χ3n) is 3.46. The Bertz CT molecular complexity index is 564. The molecule has 126 valence electrons. The summed E-state index contributed by atoms with van der Waals surface area (Å²) in [5.41, 5.74) is 0.284. The summed E-state index contributed by atoms with van der Waals surface area (Å²) in [6.07, 6.45) is 1.62. The maximum atomic E-state index is 12.4. The van der Waals surface area contributed by atoms with Crippen molar-refractivity contribution in [2.75, 3.05) is 19.8 Å². The summed E-state index contributed by atoms with van der Waals surface area (Å²) in [5.74, 6) is -0.663. The first-order chi connectivity index (χ1) is 11.0. The van der Waals surface area contributed by atoms with E-state index in [1.54, 1.807) is 12.3 Å². The first kappa shape index (κ1) is 17.3. The highest BCUT2D eigenvalue weighted by Gasteiger charge is 2.29. The SMILES string of the molecule is CC(C)c1nccc(C(=O)N[C@@H]2CCOC[C@H]2OCC(=O)O)n1. The van der Waals surface area contributed by atoms with Crippen LogP contribution in [0.4, 0.5) is 0 Å². The molecule has 2 heterocycles. The van der Waals surface area contributed by atoms with E-state index in [2.05, 4.69) is 15.3 Å². The lowest BCUT2D eigenvalue weighted by Gasteiger charge is -2.31. The molecule has 2 atom stereocenters. The average Bonchev–Trinajstić information content (AvgIpc) is 2.54. The van der Waals surface area contributed by atoms with Gasteiger partial charge in [-0.3, -0.25) is 4.79 Å². The molecule has 2 N–H and O–H groups in total. The molecule has 23 heavy (non-hydrogen) atoms. The van der Waals surface area contributed by atoms with E-state index in [-0.39, 0.29) is 30.2 Å². The fourth-order valence-corrected chi connectivity index (χ4v) is 2.24. The molecule has 1 aromatic rings. The fourth-order valence-electron chi connectivity index (χ4n) is 2.24. The molecular formula is C15H21N3O5. The number of nitrogens with one attached hydrogen (secondary N) is 1. The van der Waals surface area contributed by atoms with Crippen LogP contribution in [-0.2, 0) is 14.3 Å². The highest BCUT2D eigenvalue weighted by Crippen LogP contribution is 2.13. The van der Waals surface area contributed by atoms with Gasteiger partial charge in [0.25, 0.3) is 5.91 Å². The van der Waals surface area contributed by atoms with Crippen LogP contribution < -0.4 is 5.32 Å². The van der Waals surface area contributed by atoms with Crippen molar-refractivity contribution in [2.24, 2.45) is 0 Å². The number of aliphatic carboxylic acids is 1. The molecule has 0 bridgehead atoms. The maximum absolute atomic E-state index is 12.4. The van der Waals surface area contributed by atoms with Gasteiger partial charge in [0.15, 0.2) is 0 Å². The molecule has 1 aromatic heterocycles. The smallest absolute Gasteiger partial charge is 0.329 e. The van der Waals surface area contributed by atoms with Gasteiger partial charge < -0.3 is 19.9 Å². The van der Waals surface area contributed by atoms with Crippen molar-refractivity contribution in [3.63, 3.8) is 0 Å². The van der Waals surface area contributed by atoms with Gasteiger partial charge in [0.1, 0.15) is 24.2 Å². The molecule has 1 aliphatic heterocycles. The number of nitrogens with zero attached hydrogens (tertiary/aromatic N) is 2. The number of hydrogen-bond acceptors (Lipinski definition) is 6. The molecule has 2 rings (SSSR count). The summed E-state index contributed by atoms with van der Waals surface area (Å²) in [6, 6.07) is 1.24. The lowest BCUT2D eigenvalue weighted by atomic mass is 10.1. The number of aromatic nitrogens is 2. The molecule has 1 amide bonds. The Labute approximate surface area is 134 Å². The van der Waals surface area contributed by atoms with Gasteiger partial charge in [0.2, 0.25) is 0 Å². The molecule has 0 aromatic carbocycles. The van der Waals surface area contributed by atoms with Crippen LogP contribution in [0.25, 0.3) is 0 Å². The summed E-state index contributed by atoms with van der Waals surface area (Å²) in [4.78, 5) is 31.4. The van der Waals surface area contributed by atoms with Crippen LogP contribution in [-0.4, -0.2) is 58.9 Å². The van der Waals surface area contributed by atoms with E-state index in [1.165, 1.54) is 0 Å². The molecule has 8 nitrogen and oxygen atoms in total. The number of carboxylic acid groups (broad SMARTS) is 1. The number of ether oxygens (including phenoxy) is 2. The Morgan fingerprint density at radius 3 is 3.00 bits per heavy atom. The summed E-state index contributed by atoms with van der Waals surface area (Å²) in [6.45, 7) is 4.21. The molecule has 0 radical (unpaired) electrons. The van der Waals surface area contributed by atoms with Crippen molar-refractivity contribution in [3.05, 3.63) is 23.8 Å². The van der Waals surface area contributed by atoms with E-state index >= 15 is 0 Å². The van der Waals surface area contributed by atoms with Gasteiger partial charge in [0, 0.05) is 18.7 Å². The molecule has 0 unspecified atom stereocenters. The zero-order valence-electron chi connectivity index (χ0n) is 13.2. The van der Waals surface area contributed by atoms with Gasteiger partial charge in [-0.05, 0) is 12.5 Å². The van der Waals surface area contributed by atoms with Crippen molar-refractivity contribution in [1.82, 2.24) is 15.3 Å². The quantitative estimate of drug-likeness (QED) is 0.788. The van der Waals surface area contributed by atoms with E-state index in [1.807, 2.05) is 13.8 Å². The molecule has 1 fully saturated rings. The maximum Gasteiger partial charge on any atom is 0.329 e. The molecule has 0 spiro atoms. The minimum atomic E-state index is -1.06. The van der Waals surface area contributed by atoms with E-state index in [9.17, 15) is 9.59 Å². The van der Waals surface area contributed by atoms with Crippen LogP contribution in [0.1, 0.15) is 42.5 Å². The van der Waals surface area contributed by atoms with Crippen molar-refractivity contribution >= 4 is 11.9 Å². The van der Waals surface area contributed by atoms with Gasteiger partial charge in [-0.1, -0.05) is 13.8 Å². The van der Waals surface area contributed by atoms with Crippen LogP contribution >= 0.6 is 0 Å². The number of amides is 1. The van der Waals surface area contributed by atoms with Gasteiger partial charge in [-0.15, -0.1) is 0 Å². The lowest BCUT2D eigenvalue weighted by Crippen LogP contribution is -2.50. The molecule has 1 aliphatic rings.